The van der Waals surface area contributed by atoms with E-state index in [1.165, 1.54) is 37.4 Å². The Kier molecular flexibility index (Phi) is 6.41. The van der Waals surface area contributed by atoms with Crippen molar-refractivity contribution in [2.24, 2.45) is 0 Å². The standard InChI is InChI=1S/C23H25FN2O7S2/c1-13-17-9-18-20(33-22(21(18)23(27)25-2)14-5-7-15(24)8-6-14)10-19(17)26(35(4,30)31)11-16(32-13)12-34(3,28)29/h5-10,13,16H,11-12H2,1-4H3,(H,25,27)/t13-,16+/m0/s1. The number of nitrogens with zero attached hydrogens (tertiary/aromatic N) is 1. The quantitative estimate of drug-likeness (QED) is 0.544. The van der Waals surface area contributed by atoms with Crippen LogP contribution < -0.4 is 9.62 Å². The smallest absolute Gasteiger partial charge is 0.255 e. The zero-order valence-corrected chi connectivity index (χ0v) is 21.2. The van der Waals surface area contributed by atoms with Gasteiger partial charge in [-0.3, -0.25) is 9.10 Å². The van der Waals surface area contributed by atoms with E-state index in [0.29, 0.717) is 16.5 Å². The monoisotopic (exact) mass is 524 g/mol. The first-order chi connectivity index (χ1) is 16.3. The largest absolute Gasteiger partial charge is 0.455 e. The number of sulfone groups is 1. The Morgan fingerprint density at radius 1 is 1.14 bits per heavy atom. The van der Waals surface area contributed by atoms with Crippen LogP contribution in [0.2, 0.25) is 0 Å². The van der Waals surface area contributed by atoms with Gasteiger partial charge in [0, 0.05) is 35.9 Å². The van der Waals surface area contributed by atoms with Gasteiger partial charge in [0.1, 0.15) is 27.0 Å². The molecule has 2 aromatic carbocycles. The van der Waals surface area contributed by atoms with Gasteiger partial charge in [0.05, 0.1) is 42.0 Å². The highest BCUT2D eigenvalue weighted by Gasteiger charge is 2.35. The van der Waals surface area contributed by atoms with Gasteiger partial charge in [-0.05, 0) is 37.3 Å². The zero-order valence-electron chi connectivity index (χ0n) is 19.5. The number of anilines is 1. The molecule has 3 aromatic rings. The van der Waals surface area contributed by atoms with Gasteiger partial charge < -0.3 is 14.5 Å². The first kappa shape index (κ1) is 25.1. The molecular formula is C23H25FN2O7S2. The van der Waals surface area contributed by atoms with Crippen molar-refractivity contribution in [3.8, 4) is 11.3 Å². The SMILES string of the molecule is CNC(=O)c1c(-c2ccc(F)cc2)oc2cc3c(cc12)[C@H](C)O[C@@H](CS(C)(=O)=O)CN3S(C)(=O)=O. The lowest BCUT2D eigenvalue weighted by Gasteiger charge is -2.24. The second-order valence-corrected chi connectivity index (χ2v) is 12.7. The molecule has 1 aliphatic rings. The number of carbonyl (C=O) groups is 1. The minimum Gasteiger partial charge on any atom is -0.455 e. The number of carbonyl (C=O) groups excluding carboxylic acids is 1. The van der Waals surface area contributed by atoms with Gasteiger partial charge in [0.2, 0.25) is 10.0 Å². The number of amides is 1. The summed E-state index contributed by atoms with van der Waals surface area (Å²) in [5.74, 6) is -1.04. The second-order valence-electron chi connectivity index (χ2n) is 8.59. The number of hydrogen-bond acceptors (Lipinski definition) is 7. The number of fused-ring (bicyclic) bond motifs is 2. The number of furan rings is 1. The predicted octanol–water partition coefficient (Wildman–Crippen LogP) is 2.87. The van der Waals surface area contributed by atoms with Crippen LogP contribution in [0.1, 0.15) is 28.9 Å². The van der Waals surface area contributed by atoms with Crippen LogP contribution in [-0.4, -0.2) is 60.7 Å². The fourth-order valence-electron chi connectivity index (χ4n) is 4.28. The summed E-state index contributed by atoms with van der Waals surface area (Å²) in [6, 6.07) is 8.58. The summed E-state index contributed by atoms with van der Waals surface area (Å²) in [5.41, 5.74) is 1.63. The van der Waals surface area contributed by atoms with E-state index < -0.39 is 43.8 Å². The average Bonchev–Trinajstić information content (AvgIpc) is 3.06. The molecule has 188 valence electrons. The van der Waals surface area contributed by atoms with Crippen LogP contribution in [0, 0.1) is 5.82 Å². The lowest BCUT2D eigenvalue weighted by Crippen LogP contribution is -2.39. The maximum atomic E-state index is 13.5. The van der Waals surface area contributed by atoms with E-state index in [2.05, 4.69) is 5.32 Å². The van der Waals surface area contributed by atoms with Crippen LogP contribution in [0.15, 0.2) is 40.8 Å². The number of rotatable bonds is 5. The Balaban J connectivity index is 1.96. The maximum absolute atomic E-state index is 13.5. The van der Waals surface area contributed by atoms with Gasteiger partial charge in [-0.1, -0.05) is 0 Å². The topological polar surface area (TPSA) is 123 Å². The summed E-state index contributed by atoms with van der Waals surface area (Å²) < 4.78 is 75.8. The molecule has 1 N–H and O–H groups in total. The molecule has 0 fully saturated rings. The maximum Gasteiger partial charge on any atom is 0.255 e. The molecular weight excluding hydrogens is 499 g/mol. The molecule has 1 aromatic heterocycles. The predicted molar refractivity (Wildman–Crippen MR) is 130 cm³/mol. The first-order valence-electron chi connectivity index (χ1n) is 10.7. The molecule has 0 spiro atoms. The lowest BCUT2D eigenvalue weighted by atomic mass is 10.0. The van der Waals surface area contributed by atoms with Gasteiger partial charge in [0.15, 0.2) is 0 Å². The van der Waals surface area contributed by atoms with Crippen molar-refractivity contribution in [2.75, 3.05) is 36.2 Å². The highest BCUT2D eigenvalue weighted by molar-refractivity contribution is 7.92. The molecule has 35 heavy (non-hydrogen) atoms. The molecule has 0 saturated carbocycles. The molecule has 2 atom stereocenters. The van der Waals surface area contributed by atoms with Crippen molar-refractivity contribution in [3.63, 3.8) is 0 Å². The summed E-state index contributed by atoms with van der Waals surface area (Å²) in [5, 5.41) is 2.98. The van der Waals surface area contributed by atoms with Gasteiger partial charge in [-0.15, -0.1) is 0 Å². The molecule has 4 rings (SSSR count). The van der Waals surface area contributed by atoms with E-state index in [-0.39, 0.29) is 34.9 Å². The highest BCUT2D eigenvalue weighted by atomic mass is 32.2. The number of halogens is 1. The normalized spacial score (nSPS) is 18.8. The van der Waals surface area contributed by atoms with Crippen LogP contribution in [0.4, 0.5) is 10.1 Å². The summed E-state index contributed by atoms with van der Waals surface area (Å²) in [6.07, 6.45) is 0.497. The summed E-state index contributed by atoms with van der Waals surface area (Å²) >= 11 is 0. The average molecular weight is 525 g/mol. The fourth-order valence-corrected chi connectivity index (χ4v) is 6.09. The molecule has 0 aliphatic carbocycles. The summed E-state index contributed by atoms with van der Waals surface area (Å²) in [6.45, 7) is 1.48. The molecule has 12 heteroatoms. The zero-order chi connectivity index (χ0) is 25.7. The Bertz CT molecular complexity index is 1510. The second kappa shape index (κ2) is 8.92. The molecule has 0 bridgehead atoms. The molecule has 1 aliphatic heterocycles. The van der Waals surface area contributed by atoms with Crippen molar-refractivity contribution in [2.45, 2.75) is 19.1 Å². The van der Waals surface area contributed by atoms with E-state index in [4.69, 9.17) is 9.15 Å². The molecule has 1 amide bonds. The van der Waals surface area contributed by atoms with Crippen molar-refractivity contribution >= 4 is 42.4 Å². The van der Waals surface area contributed by atoms with Crippen LogP contribution >= 0.6 is 0 Å². The Morgan fingerprint density at radius 3 is 2.37 bits per heavy atom. The number of benzene rings is 2. The third-order valence-electron chi connectivity index (χ3n) is 5.76. The first-order valence-corrected chi connectivity index (χ1v) is 14.6. The van der Waals surface area contributed by atoms with Crippen molar-refractivity contribution < 1.29 is 35.2 Å². The minimum atomic E-state index is -3.83. The van der Waals surface area contributed by atoms with E-state index in [9.17, 15) is 26.0 Å². The third kappa shape index (κ3) is 5.04. The molecule has 0 unspecified atom stereocenters. The van der Waals surface area contributed by atoms with E-state index in [1.54, 1.807) is 13.0 Å². The van der Waals surface area contributed by atoms with Crippen LogP contribution in [0.3, 0.4) is 0 Å². The van der Waals surface area contributed by atoms with Gasteiger partial charge in [0.25, 0.3) is 5.91 Å². The van der Waals surface area contributed by atoms with E-state index >= 15 is 0 Å². The Labute approximate surface area is 202 Å². The molecule has 2 heterocycles. The fraction of sp³-hybridized carbons (Fsp3) is 0.348. The minimum absolute atomic E-state index is 0.201. The molecule has 0 radical (unpaired) electrons. The van der Waals surface area contributed by atoms with Gasteiger partial charge in [-0.25, -0.2) is 21.2 Å². The highest BCUT2D eigenvalue weighted by Crippen LogP contribution is 2.42. The van der Waals surface area contributed by atoms with Crippen molar-refractivity contribution in [1.29, 1.82) is 0 Å². The summed E-state index contributed by atoms with van der Waals surface area (Å²) in [7, 11) is -5.82. The number of nitrogens with one attached hydrogen (secondary N) is 1. The third-order valence-corrected chi connectivity index (χ3v) is 7.88. The molecule has 0 saturated heterocycles. The van der Waals surface area contributed by atoms with Crippen LogP contribution in [0.5, 0.6) is 0 Å². The van der Waals surface area contributed by atoms with Crippen molar-refractivity contribution in [3.05, 3.63) is 53.3 Å². The van der Waals surface area contributed by atoms with Crippen LogP contribution in [0.25, 0.3) is 22.3 Å². The lowest BCUT2D eigenvalue weighted by molar-refractivity contribution is 0.0193. The number of ether oxygens (including phenoxy) is 1. The summed E-state index contributed by atoms with van der Waals surface area (Å²) in [4.78, 5) is 12.9. The number of hydrogen-bond donors (Lipinski definition) is 1. The molecule has 9 nitrogen and oxygen atoms in total. The van der Waals surface area contributed by atoms with E-state index in [1.807, 2.05) is 0 Å². The van der Waals surface area contributed by atoms with Crippen molar-refractivity contribution in [1.82, 2.24) is 5.32 Å². The van der Waals surface area contributed by atoms with Crippen LogP contribution in [-0.2, 0) is 24.6 Å². The Hall–Kier alpha value is -2.96. The Morgan fingerprint density at radius 2 is 1.80 bits per heavy atom. The van der Waals surface area contributed by atoms with Gasteiger partial charge in [-0.2, -0.15) is 0 Å². The van der Waals surface area contributed by atoms with Gasteiger partial charge >= 0.3 is 0 Å². The number of sulfonamides is 1. The van der Waals surface area contributed by atoms with E-state index in [0.717, 1.165) is 16.8 Å².